The van der Waals surface area contributed by atoms with Crippen LogP contribution in [-0.4, -0.2) is 51.7 Å². The smallest absolute Gasteiger partial charge is 0.230 e. The Kier molecular flexibility index (Phi) is 4.97. The second-order valence-electron chi connectivity index (χ2n) is 7.04. The van der Waals surface area contributed by atoms with Gasteiger partial charge in [-0.25, -0.2) is 8.42 Å². The van der Waals surface area contributed by atoms with Crippen molar-refractivity contribution < 1.29 is 13.2 Å². The number of amides is 1. The molecule has 1 N–H and O–H groups in total. The first kappa shape index (κ1) is 17.4. The molecule has 5 nitrogen and oxygen atoms in total. The highest BCUT2D eigenvalue weighted by atomic mass is 32.2. The summed E-state index contributed by atoms with van der Waals surface area (Å²) in [6.07, 6.45) is 6.41. The minimum Gasteiger partial charge on any atom is -0.354 e. The van der Waals surface area contributed by atoms with Gasteiger partial charge in [-0.15, -0.1) is 0 Å². The van der Waals surface area contributed by atoms with Crippen molar-refractivity contribution in [3.63, 3.8) is 0 Å². The minimum absolute atomic E-state index is 0.0834. The van der Waals surface area contributed by atoms with Gasteiger partial charge in [0.1, 0.15) is 0 Å². The second-order valence-corrected chi connectivity index (χ2v) is 9.05. The molecule has 1 heterocycles. The van der Waals surface area contributed by atoms with E-state index in [1.807, 2.05) is 0 Å². The molecule has 1 saturated carbocycles. The number of hydrogen-bond donors (Lipinski definition) is 1. The van der Waals surface area contributed by atoms with Crippen molar-refractivity contribution in [2.45, 2.75) is 42.4 Å². The van der Waals surface area contributed by atoms with Crippen molar-refractivity contribution in [3.8, 4) is 0 Å². The van der Waals surface area contributed by atoms with Crippen LogP contribution < -0.4 is 5.32 Å². The first-order valence-corrected chi connectivity index (χ1v) is 10.6. The molecule has 0 bridgehead atoms. The maximum absolute atomic E-state index is 12.8. The fraction of sp³-hybridized carbons (Fsp3) is 0.611. The summed E-state index contributed by atoms with van der Waals surface area (Å²) in [5, 5.41) is 3.10. The third-order valence-electron chi connectivity index (χ3n) is 5.39. The molecule has 0 spiro atoms. The highest BCUT2D eigenvalue weighted by Gasteiger charge is 2.45. The third kappa shape index (κ3) is 3.49. The molecular weight excluding hydrogens is 324 g/mol. The van der Waals surface area contributed by atoms with Crippen LogP contribution >= 0.6 is 0 Å². The van der Waals surface area contributed by atoms with Crippen LogP contribution in [0.5, 0.6) is 0 Å². The monoisotopic (exact) mass is 350 g/mol. The number of rotatable bonds is 6. The zero-order chi connectivity index (χ0) is 17.2. The van der Waals surface area contributed by atoms with Gasteiger partial charge in [0.05, 0.1) is 10.3 Å². The summed E-state index contributed by atoms with van der Waals surface area (Å²) in [7, 11) is -3.20. The van der Waals surface area contributed by atoms with E-state index in [1.165, 1.54) is 19.1 Å². The van der Waals surface area contributed by atoms with E-state index in [2.05, 4.69) is 10.2 Å². The van der Waals surface area contributed by atoms with E-state index >= 15 is 0 Å². The van der Waals surface area contributed by atoms with Crippen molar-refractivity contribution >= 4 is 15.7 Å². The number of sulfone groups is 1. The molecule has 1 aromatic carbocycles. The molecule has 0 unspecified atom stereocenters. The Hall–Kier alpha value is -1.40. The number of nitrogens with one attached hydrogen (secondary N) is 1. The van der Waals surface area contributed by atoms with Gasteiger partial charge in [-0.1, -0.05) is 18.6 Å². The topological polar surface area (TPSA) is 66.5 Å². The average Bonchev–Trinajstić information content (AvgIpc) is 2.99. The van der Waals surface area contributed by atoms with E-state index in [-0.39, 0.29) is 5.91 Å². The van der Waals surface area contributed by atoms with Crippen LogP contribution in [0.25, 0.3) is 0 Å². The van der Waals surface area contributed by atoms with Crippen molar-refractivity contribution in [2.24, 2.45) is 0 Å². The van der Waals surface area contributed by atoms with Crippen molar-refractivity contribution in [1.82, 2.24) is 10.2 Å². The lowest BCUT2D eigenvalue weighted by atomic mass is 9.64. The number of hydrogen-bond acceptors (Lipinski definition) is 4. The highest BCUT2D eigenvalue weighted by molar-refractivity contribution is 7.90. The Bertz CT molecular complexity index is 687. The Labute approximate surface area is 144 Å². The number of carbonyl (C=O) groups excluding carboxylic acids is 1. The molecule has 0 radical (unpaired) electrons. The molecule has 0 atom stereocenters. The van der Waals surface area contributed by atoms with Gasteiger partial charge in [0, 0.05) is 19.3 Å². The van der Waals surface area contributed by atoms with Crippen LogP contribution in [0.15, 0.2) is 29.2 Å². The molecule has 2 aliphatic rings. The van der Waals surface area contributed by atoms with Gasteiger partial charge in [0.25, 0.3) is 0 Å². The van der Waals surface area contributed by atoms with Crippen molar-refractivity contribution in [1.29, 1.82) is 0 Å². The molecule has 132 valence electrons. The minimum atomic E-state index is -3.20. The van der Waals surface area contributed by atoms with E-state index in [0.29, 0.717) is 11.4 Å². The molecule has 24 heavy (non-hydrogen) atoms. The normalized spacial score (nSPS) is 20.5. The largest absolute Gasteiger partial charge is 0.354 e. The average molecular weight is 350 g/mol. The maximum atomic E-state index is 12.8. The summed E-state index contributed by atoms with van der Waals surface area (Å²) in [5.41, 5.74) is 0.459. The van der Waals surface area contributed by atoms with Gasteiger partial charge in [-0.05, 0) is 56.5 Å². The molecule has 6 heteroatoms. The predicted octanol–water partition coefficient (Wildman–Crippen LogP) is 1.72. The van der Waals surface area contributed by atoms with Crippen LogP contribution in [0.3, 0.4) is 0 Å². The molecule has 1 saturated heterocycles. The number of nitrogens with zero attached hydrogens (tertiary/aromatic N) is 1. The van der Waals surface area contributed by atoms with Gasteiger partial charge in [0.2, 0.25) is 5.91 Å². The molecule has 3 rings (SSSR count). The van der Waals surface area contributed by atoms with Crippen LogP contribution in [0.4, 0.5) is 0 Å². The molecule has 1 amide bonds. The summed E-state index contributed by atoms with van der Waals surface area (Å²) in [4.78, 5) is 15.4. The van der Waals surface area contributed by atoms with Crippen LogP contribution in [0.2, 0.25) is 0 Å². The lowest BCUT2D eigenvalue weighted by molar-refractivity contribution is -0.130. The number of likely N-dealkylation sites (tertiary alicyclic amines) is 1. The maximum Gasteiger partial charge on any atom is 0.230 e. The first-order chi connectivity index (χ1) is 11.4. The van der Waals surface area contributed by atoms with Gasteiger partial charge >= 0.3 is 0 Å². The van der Waals surface area contributed by atoms with Crippen LogP contribution in [0.1, 0.15) is 37.7 Å². The van der Waals surface area contributed by atoms with E-state index in [0.717, 1.165) is 44.5 Å². The second kappa shape index (κ2) is 6.84. The zero-order valence-corrected chi connectivity index (χ0v) is 15.1. The number of benzene rings is 1. The summed E-state index contributed by atoms with van der Waals surface area (Å²) in [5.74, 6) is 0.0834. The van der Waals surface area contributed by atoms with Gasteiger partial charge in [-0.3, -0.25) is 4.79 Å². The fourth-order valence-corrected chi connectivity index (χ4v) is 4.33. The Morgan fingerprint density at radius 3 is 2.25 bits per heavy atom. The quantitative estimate of drug-likeness (QED) is 0.848. The molecule has 1 aromatic rings. The Morgan fingerprint density at radius 1 is 1.12 bits per heavy atom. The number of carbonyl (C=O) groups is 1. The van der Waals surface area contributed by atoms with E-state index in [4.69, 9.17) is 0 Å². The van der Waals surface area contributed by atoms with Crippen LogP contribution in [0, 0.1) is 0 Å². The van der Waals surface area contributed by atoms with Gasteiger partial charge in [-0.2, -0.15) is 0 Å². The molecule has 1 aliphatic heterocycles. The van der Waals surface area contributed by atoms with Gasteiger partial charge in [0.15, 0.2) is 9.84 Å². The highest BCUT2D eigenvalue weighted by Crippen LogP contribution is 2.44. The summed E-state index contributed by atoms with van der Waals surface area (Å²) < 4.78 is 23.2. The lowest BCUT2D eigenvalue weighted by Gasteiger charge is -2.41. The third-order valence-corrected chi connectivity index (χ3v) is 6.52. The Morgan fingerprint density at radius 2 is 1.75 bits per heavy atom. The standard InChI is InChI=1S/C18H26N2O3S/c1-24(22,23)16-7-5-15(6-8-16)18(9-4-10-18)17(21)19-11-14-20-12-2-3-13-20/h5-8H,2-4,9-14H2,1H3,(H,19,21). The van der Waals surface area contributed by atoms with Gasteiger partial charge < -0.3 is 10.2 Å². The fourth-order valence-electron chi connectivity index (χ4n) is 3.70. The predicted molar refractivity (Wildman–Crippen MR) is 93.8 cm³/mol. The molecule has 2 fully saturated rings. The van der Waals surface area contributed by atoms with E-state index in [9.17, 15) is 13.2 Å². The SMILES string of the molecule is CS(=O)(=O)c1ccc(C2(C(=O)NCCN3CCCC3)CCC2)cc1. The van der Waals surface area contributed by atoms with E-state index < -0.39 is 15.3 Å². The lowest BCUT2D eigenvalue weighted by Crippen LogP contribution is -2.50. The zero-order valence-electron chi connectivity index (χ0n) is 14.3. The van der Waals surface area contributed by atoms with Crippen molar-refractivity contribution in [2.75, 3.05) is 32.4 Å². The van der Waals surface area contributed by atoms with Crippen LogP contribution in [-0.2, 0) is 20.0 Å². The first-order valence-electron chi connectivity index (χ1n) is 8.73. The molecular formula is C18H26N2O3S. The Balaban J connectivity index is 1.65. The summed E-state index contributed by atoms with van der Waals surface area (Å²) in [6.45, 7) is 3.86. The molecule has 1 aliphatic carbocycles. The van der Waals surface area contributed by atoms with Crippen molar-refractivity contribution in [3.05, 3.63) is 29.8 Å². The summed E-state index contributed by atoms with van der Waals surface area (Å²) in [6, 6.07) is 6.83. The van der Waals surface area contributed by atoms with E-state index in [1.54, 1.807) is 24.3 Å². The summed E-state index contributed by atoms with van der Waals surface area (Å²) >= 11 is 0. The molecule has 0 aromatic heterocycles.